The van der Waals surface area contributed by atoms with Gasteiger partial charge in [0.25, 0.3) is 0 Å². The highest BCUT2D eigenvalue weighted by Crippen LogP contribution is 2.29. The number of aromatic nitrogens is 2. The second kappa shape index (κ2) is 7.37. The Morgan fingerprint density at radius 3 is 2.84 bits per heavy atom. The summed E-state index contributed by atoms with van der Waals surface area (Å²) in [5, 5.41) is 10.8. The molecule has 0 spiro atoms. The van der Waals surface area contributed by atoms with Crippen LogP contribution in [0.2, 0.25) is 0 Å². The van der Waals surface area contributed by atoms with Crippen molar-refractivity contribution in [1.29, 1.82) is 0 Å². The molecule has 6 heteroatoms. The predicted molar refractivity (Wildman–Crippen MR) is 98.0 cm³/mol. The fourth-order valence-electron chi connectivity index (χ4n) is 3.38. The van der Waals surface area contributed by atoms with Crippen molar-refractivity contribution in [1.82, 2.24) is 14.9 Å². The number of ether oxygens (including phenoxy) is 1. The van der Waals surface area contributed by atoms with E-state index in [1.807, 2.05) is 44.1 Å². The van der Waals surface area contributed by atoms with E-state index in [0.29, 0.717) is 6.54 Å². The first kappa shape index (κ1) is 17.6. The first-order valence-corrected chi connectivity index (χ1v) is 8.54. The average Bonchev–Trinajstić information content (AvgIpc) is 2.60. The maximum absolute atomic E-state index is 10.8. The van der Waals surface area contributed by atoms with Crippen molar-refractivity contribution in [3.63, 3.8) is 0 Å². The van der Waals surface area contributed by atoms with Crippen LogP contribution < -0.4 is 9.64 Å². The van der Waals surface area contributed by atoms with Gasteiger partial charge in [-0.1, -0.05) is 11.6 Å². The summed E-state index contributed by atoms with van der Waals surface area (Å²) in [6, 6.07) is 5.90. The molecule has 1 aliphatic rings. The molecule has 134 valence electrons. The van der Waals surface area contributed by atoms with Crippen molar-refractivity contribution in [2.75, 3.05) is 39.2 Å². The smallest absolute Gasteiger partial charge is 0.136 e. The second-order valence-electron chi connectivity index (χ2n) is 6.76. The lowest BCUT2D eigenvalue weighted by molar-refractivity contribution is 0.103. The molecule has 1 aromatic heterocycles. The van der Waals surface area contributed by atoms with Gasteiger partial charge in [-0.05, 0) is 19.1 Å². The molecule has 1 aliphatic heterocycles. The van der Waals surface area contributed by atoms with Crippen molar-refractivity contribution in [3.8, 4) is 5.75 Å². The number of aliphatic hydroxyl groups excluding tert-OH is 1. The number of methoxy groups -OCH3 is 1. The van der Waals surface area contributed by atoms with E-state index < -0.39 is 6.10 Å². The Bertz CT molecular complexity index is 748. The lowest BCUT2D eigenvalue weighted by atomic mass is 10.0. The van der Waals surface area contributed by atoms with Crippen molar-refractivity contribution >= 4 is 5.82 Å². The van der Waals surface area contributed by atoms with Crippen LogP contribution in [0.25, 0.3) is 0 Å². The molecular formula is C19H26N4O2. The summed E-state index contributed by atoms with van der Waals surface area (Å²) in [6.07, 6.45) is 1.91. The Kier molecular flexibility index (Phi) is 5.20. The number of benzene rings is 1. The Hall–Kier alpha value is -2.18. The molecule has 1 atom stereocenters. The maximum Gasteiger partial charge on any atom is 0.136 e. The third kappa shape index (κ3) is 3.75. The zero-order chi connectivity index (χ0) is 18.0. The highest BCUT2D eigenvalue weighted by Gasteiger charge is 2.24. The van der Waals surface area contributed by atoms with Gasteiger partial charge >= 0.3 is 0 Å². The molecule has 3 rings (SSSR count). The van der Waals surface area contributed by atoms with Gasteiger partial charge in [0, 0.05) is 51.3 Å². The van der Waals surface area contributed by atoms with Gasteiger partial charge in [-0.15, -0.1) is 0 Å². The van der Waals surface area contributed by atoms with Gasteiger partial charge in [-0.2, -0.15) is 0 Å². The van der Waals surface area contributed by atoms with Crippen LogP contribution in [0.5, 0.6) is 5.75 Å². The minimum absolute atomic E-state index is 0.557. The lowest BCUT2D eigenvalue weighted by Crippen LogP contribution is -2.35. The fraction of sp³-hybridized carbons (Fsp3) is 0.474. The van der Waals surface area contributed by atoms with E-state index in [4.69, 9.17) is 4.74 Å². The van der Waals surface area contributed by atoms with E-state index in [1.165, 1.54) is 0 Å². The largest absolute Gasteiger partial charge is 0.496 e. The van der Waals surface area contributed by atoms with E-state index >= 15 is 0 Å². The number of hydrogen-bond acceptors (Lipinski definition) is 6. The summed E-state index contributed by atoms with van der Waals surface area (Å²) in [5.41, 5.74) is 4.22. The molecule has 25 heavy (non-hydrogen) atoms. The third-order valence-corrected chi connectivity index (χ3v) is 4.66. The normalized spacial score (nSPS) is 15.6. The Morgan fingerprint density at radius 1 is 1.32 bits per heavy atom. The van der Waals surface area contributed by atoms with Gasteiger partial charge in [0.05, 0.1) is 18.9 Å². The van der Waals surface area contributed by atoms with Gasteiger partial charge in [0.2, 0.25) is 0 Å². The molecule has 0 bridgehead atoms. The fourth-order valence-corrected chi connectivity index (χ4v) is 3.38. The molecule has 0 aliphatic carbocycles. The van der Waals surface area contributed by atoms with Crippen molar-refractivity contribution in [2.45, 2.75) is 26.0 Å². The van der Waals surface area contributed by atoms with Crippen molar-refractivity contribution in [3.05, 3.63) is 46.9 Å². The van der Waals surface area contributed by atoms with E-state index in [-0.39, 0.29) is 0 Å². The highest BCUT2D eigenvalue weighted by atomic mass is 16.5. The monoisotopic (exact) mass is 342 g/mol. The summed E-state index contributed by atoms with van der Waals surface area (Å²) in [4.78, 5) is 13.1. The van der Waals surface area contributed by atoms with E-state index in [9.17, 15) is 5.11 Å². The summed E-state index contributed by atoms with van der Waals surface area (Å²) in [7, 11) is 5.63. The molecule has 6 nitrogen and oxygen atoms in total. The number of rotatable bonds is 5. The van der Waals surface area contributed by atoms with Crippen LogP contribution >= 0.6 is 0 Å². The number of hydrogen-bond donors (Lipinski definition) is 1. The molecule has 0 radical (unpaired) electrons. The summed E-state index contributed by atoms with van der Waals surface area (Å²) in [6.45, 7) is 4.20. The van der Waals surface area contributed by atoms with E-state index in [0.717, 1.165) is 53.5 Å². The number of nitrogens with zero attached hydrogens (tertiary/aromatic N) is 4. The van der Waals surface area contributed by atoms with Crippen LogP contribution in [0.3, 0.4) is 0 Å². The Morgan fingerprint density at radius 2 is 2.12 bits per heavy atom. The van der Waals surface area contributed by atoms with Gasteiger partial charge < -0.3 is 14.7 Å². The molecule has 0 saturated carbocycles. The molecule has 1 aromatic carbocycles. The molecule has 0 amide bonds. The number of aryl methyl sites for hydroxylation is 1. The number of fused-ring (bicyclic) bond motifs is 1. The van der Waals surface area contributed by atoms with Crippen molar-refractivity contribution < 1.29 is 9.84 Å². The van der Waals surface area contributed by atoms with Crippen molar-refractivity contribution in [2.24, 2.45) is 0 Å². The summed E-state index contributed by atoms with van der Waals surface area (Å²) < 4.78 is 5.41. The van der Waals surface area contributed by atoms with Crippen LogP contribution in [0.4, 0.5) is 5.82 Å². The van der Waals surface area contributed by atoms with E-state index in [1.54, 1.807) is 13.4 Å². The number of aliphatic hydroxyl groups is 1. The topological polar surface area (TPSA) is 61.7 Å². The molecule has 0 saturated heterocycles. The second-order valence-corrected chi connectivity index (χ2v) is 6.76. The van der Waals surface area contributed by atoms with Gasteiger partial charge in [0.1, 0.15) is 17.9 Å². The quantitative estimate of drug-likeness (QED) is 0.896. The average molecular weight is 342 g/mol. The third-order valence-electron chi connectivity index (χ3n) is 4.66. The zero-order valence-corrected chi connectivity index (χ0v) is 15.4. The summed E-state index contributed by atoms with van der Waals surface area (Å²) >= 11 is 0. The SMILES string of the molecule is COc1ccc(C)cc1C(O)CN1CCc2ncnc(N(C)C)c2C1. The Labute approximate surface area is 149 Å². The zero-order valence-electron chi connectivity index (χ0n) is 15.4. The van der Waals surface area contributed by atoms with Gasteiger partial charge in [-0.3, -0.25) is 4.90 Å². The summed E-state index contributed by atoms with van der Waals surface area (Å²) in [5.74, 6) is 1.69. The van der Waals surface area contributed by atoms with Crippen LogP contribution in [0.15, 0.2) is 24.5 Å². The molecule has 0 fully saturated rings. The molecular weight excluding hydrogens is 316 g/mol. The van der Waals surface area contributed by atoms with Crippen LogP contribution in [-0.2, 0) is 13.0 Å². The van der Waals surface area contributed by atoms with Crippen LogP contribution in [0, 0.1) is 6.92 Å². The predicted octanol–water partition coefficient (Wildman–Crippen LogP) is 1.95. The lowest BCUT2D eigenvalue weighted by Gasteiger charge is -2.32. The van der Waals surface area contributed by atoms with Gasteiger partial charge in [0.15, 0.2) is 0 Å². The molecule has 1 N–H and O–H groups in total. The first-order valence-electron chi connectivity index (χ1n) is 8.54. The van der Waals surface area contributed by atoms with Gasteiger partial charge in [-0.25, -0.2) is 9.97 Å². The van der Waals surface area contributed by atoms with Crippen LogP contribution in [0.1, 0.15) is 28.5 Å². The maximum atomic E-state index is 10.8. The first-order chi connectivity index (χ1) is 12.0. The number of anilines is 1. The standard InChI is InChI=1S/C19H26N4O2/c1-13-5-6-18(25-4)14(9-13)17(24)11-23-8-7-16-15(10-23)19(22(2)3)21-12-20-16/h5-6,9,12,17,24H,7-8,10-11H2,1-4H3. The van der Waals surface area contributed by atoms with E-state index in [2.05, 4.69) is 14.9 Å². The minimum Gasteiger partial charge on any atom is -0.496 e. The highest BCUT2D eigenvalue weighted by molar-refractivity contribution is 5.48. The van der Waals surface area contributed by atoms with Crippen LogP contribution in [-0.4, -0.2) is 54.3 Å². The minimum atomic E-state index is -0.594. The number of β-amino-alcohol motifs (C(OH)–C–C–N with tert-alkyl or cyclic N) is 1. The molecule has 2 heterocycles. The Balaban J connectivity index is 1.78. The molecule has 2 aromatic rings. The molecule has 1 unspecified atom stereocenters.